The van der Waals surface area contributed by atoms with Gasteiger partial charge >= 0.3 is 0 Å². The van der Waals surface area contributed by atoms with E-state index in [1.54, 1.807) is 0 Å². The Balaban J connectivity index is 2.30. The van der Waals surface area contributed by atoms with E-state index in [2.05, 4.69) is 0 Å². The van der Waals surface area contributed by atoms with Crippen LogP contribution in [0.5, 0.6) is 0 Å². The summed E-state index contributed by atoms with van der Waals surface area (Å²) in [5.41, 5.74) is 0. The summed E-state index contributed by atoms with van der Waals surface area (Å²) in [5.74, 6) is -0.294. The highest BCUT2D eigenvalue weighted by molar-refractivity contribution is 7.89. The van der Waals surface area contributed by atoms with Crippen LogP contribution in [0.25, 0.3) is 0 Å². The van der Waals surface area contributed by atoms with Gasteiger partial charge in [0.1, 0.15) is 17.2 Å². The van der Waals surface area contributed by atoms with Gasteiger partial charge in [-0.2, -0.15) is 9.57 Å². The van der Waals surface area contributed by atoms with Crippen LogP contribution in [-0.2, 0) is 10.0 Å². The first-order chi connectivity index (χ1) is 10.9. The summed E-state index contributed by atoms with van der Waals surface area (Å²) in [7, 11) is -3.63. The van der Waals surface area contributed by atoms with E-state index in [0.29, 0.717) is 26.1 Å². The SMILES string of the molecule is CCCN(CC#N)C(=O)c1cc(S(=O)(=O)N2CCCC2)c(C)o1. The molecule has 1 aromatic rings. The van der Waals surface area contributed by atoms with Gasteiger partial charge in [0.15, 0.2) is 5.76 Å². The zero-order valence-electron chi connectivity index (χ0n) is 13.4. The molecule has 0 aliphatic carbocycles. The molecule has 1 saturated heterocycles. The van der Waals surface area contributed by atoms with Crippen molar-refractivity contribution in [2.45, 2.75) is 38.0 Å². The van der Waals surface area contributed by atoms with Gasteiger partial charge in [0.05, 0.1) is 6.07 Å². The van der Waals surface area contributed by atoms with Gasteiger partial charge in [-0.25, -0.2) is 8.42 Å². The summed E-state index contributed by atoms with van der Waals surface area (Å²) in [6.45, 7) is 4.78. The highest BCUT2D eigenvalue weighted by Crippen LogP contribution is 2.26. The molecular weight excluding hydrogens is 318 g/mol. The summed E-state index contributed by atoms with van der Waals surface area (Å²) in [4.78, 5) is 13.8. The van der Waals surface area contributed by atoms with E-state index in [1.165, 1.54) is 22.2 Å². The fraction of sp³-hybridized carbons (Fsp3) is 0.600. The molecule has 0 bridgehead atoms. The molecule has 126 valence electrons. The molecule has 0 spiro atoms. The monoisotopic (exact) mass is 339 g/mol. The smallest absolute Gasteiger partial charge is 0.290 e. The lowest BCUT2D eigenvalue weighted by atomic mass is 10.3. The van der Waals surface area contributed by atoms with Crippen LogP contribution in [0.15, 0.2) is 15.4 Å². The first-order valence-electron chi connectivity index (χ1n) is 7.68. The topological polar surface area (TPSA) is 94.6 Å². The number of aryl methyl sites for hydroxylation is 1. The van der Waals surface area contributed by atoms with Crippen molar-refractivity contribution in [3.63, 3.8) is 0 Å². The molecule has 1 fully saturated rings. The molecule has 0 saturated carbocycles. The molecule has 0 radical (unpaired) electrons. The quantitative estimate of drug-likeness (QED) is 0.736. The second-order valence-electron chi connectivity index (χ2n) is 5.53. The molecule has 2 heterocycles. The molecule has 2 rings (SSSR count). The maximum Gasteiger partial charge on any atom is 0.290 e. The van der Waals surface area contributed by atoms with Crippen LogP contribution in [0, 0.1) is 18.3 Å². The van der Waals surface area contributed by atoms with E-state index in [-0.39, 0.29) is 23.0 Å². The Morgan fingerprint density at radius 2 is 2.09 bits per heavy atom. The van der Waals surface area contributed by atoms with Gasteiger partial charge in [-0.1, -0.05) is 6.92 Å². The molecule has 0 atom stereocenters. The summed E-state index contributed by atoms with van der Waals surface area (Å²) in [5, 5.41) is 8.81. The van der Waals surface area contributed by atoms with Crippen molar-refractivity contribution in [2.75, 3.05) is 26.2 Å². The van der Waals surface area contributed by atoms with E-state index in [9.17, 15) is 13.2 Å². The van der Waals surface area contributed by atoms with Crippen molar-refractivity contribution < 1.29 is 17.6 Å². The lowest BCUT2D eigenvalue weighted by molar-refractivity contribution is 0.0743. The molecule has 1 amide bonds. The van der Waals surface area contributed by atoms with Crippen LogP contribution in [0.2, 0.25) is 0 Å². The summed E-state index contributed by atoms with van der Waals surface area (Å²) >= 11 is 0. The minimum atomic E-state index is -3.63. The van der Waals surface area contributed by atoms with Crippen molar-refractivity contribution in [1.29, 1.82) is 5.26 Å². The predicted octanol–water partition coefficient (Wildman–Crippen LogP) is 1.75. The first kappa shape index (κ1) is 17.5. The molecule has 0 unspecified atom stereocenters. The average Bonchev–Trinajstić information content (AvgIpc) is 3.16. The zero-order chi connectivity index (χ0) is 17.0. The number of sulfonamides is 1. The standard InChI is InChI=1S/C15H21N3O4S/c1-3-7-17(10-6-16)15(19)13-11-14(12(2)22-13)23(20,21)18-8-4-5-9-18/h11H,3-5,7-10H2,1-2H3. The van der Waals surface area contributed by atoms with Crippen molar-refractivity contribution in [3.8, 4) is 6.07 Å². The van der Waals surface area contributed by atoms with Crippen molar-refractivity contribution in [1.82, 2.24) is 9.21 Å². The van der Waals surface area contributed by atoms with Gasteiger partial charge in [-0.05, 0) is 26.2 Å². The molecule has 8 heteroatoms. The van der Waals surface area contributed by atoms with Crippen molar-refractivity contribution in [2.24, 2.45) is 0 Å². The van der Waals surface area contributed by atoms with Gasteiger partial charge in [-0.3, -0.25) is 4.79 Å². The Kier molecular flexibility index (Phi) is 5.44. The van der Waals surface area contributed by atoms with Crippen LogP contribution in [0.1, 0.15) is 42.5 Å². The third-order valence-electron chi connectivity index (χ3n) is 3.81. The van der Waals surface area contributed by atoms with Crippen LogP contribution in [-0.4, -0.2) is 49.7 Å². The van der Waals surface area contributed by atoms with E-state index >= 15 is 0 Å². The Morgan fingerprint density at radius 3 is 2.65 bits per heavy atom. The molecule has 0 N–H and O–H groups in total. The Labute approximate surface area is 136 Å². The van der Waals surface area contributed by atoms with Crippen molar-refractivity contribution in [3.05, 3.63) is 17.6 Å². The third-order valence-corrected chi connectivity index (χ3v) is 5.81. The van der Waals surface area contributed by atoms with E-state index in [4.69, 9.17) is 9.68 Å². The second-order valence-corrected chi connectivity index (χ2v) is 7.43. The number of carbonyl (C=O) groups excluding carboxylic acids is 1. The molecule has 0 aromatic carbocycles. The molecule has 23 heavy (non-hydrogen) atoms. The second kappa shape index (κ2) is 7.15. The van der Waals surface area contributed by atoms with Gasteiger partial charge in [0.25, 0.3) is 5.91 Å². The number of carbonyl (C=O) groups is 1. The Bertz CT molecular complexity index is 712. The highest BCUT2D eigenvalue weighted by Gasteiger charge is 2.32. The number of amides is 1. The summed E-state index contributed by atoms with van der Waals surface area (Å²) in [6, 6.07) is 3.22. The van der Waals surface area contributed by atoms with E-state index < -0.39 is 15.9 Å². The van der Waals surface area contributed by atoms with E-state index in [0.717, 1.165) is 12.8 Å². The summed E-state index contributed by atoms with van der Waals surface area (Å²) in [6.07, 6.45) is 2.38. The normalized spacial score (nSPS) is 15.5. The third kappa shape index (κ3) is 3.57. The molecule has 7 nitrogen and oxygen atoms in total. The summed E-state index contributed by atoms with van der Waals surface area (Å²) < 4.78 is 32.0. The number of nitriles is 1. The van der Waals surface area contributed by atoms with E-state index in [1.807, 2.05) is 13.0 Å². The number of furan rings is 1. The lowest BCUT2D eigenvalue weighted by Crippen LogP contribution is -2.32. The van der Waals surface area contributed by atoms with Crippen LogP contribution >= 0.6 is 0 Å². The fourth-order valence-electron chi connectivity index (χ4n) is 2.66. The number of hydrogen-bond donors (Lipinski definition) is 0. The number of nitrogens with zero attached hydrogens (tertiary/aromatic N) is 3. The molecule has 1 aromatic heterocycles. The fourth-order valence-corrected chi connectivity index (χ4v) is 4.34. The zero-order valence-corrected chi connectivity index (χ0v) is 14.2. The van der Waals surface area contributed by atoms with Crippen molar-refractivity contribution >= 4 is 15.9 Å². The molecular formula is C15H21N3O4S. The number of rotatable bonds is 6. The van der Waals surface area contributed by atoms with Crippen LogP contribution in [0.3, 0.4) is 0 Å². The average molecular weight is 339 g/mol. The predicted molar refractivity (Wildman–Crippen MR) is 83.2 cm³/mol. The maximum absolute atomic E-state index is 12.6. The van der Waals surface area contributed by atoms with Gasteiger partial charge < -0.3 is 9.32 Å². The van der Waals surface area contributed by atoms with Gasteiger partial charge in [0, 0.05) is 25.7 Å². The minimum Gasteiger partial charge on any atom is -0.455 e. The van der Waals surface area contributed by atoms with Crippen LogP contribution < -0.4 is 0 Å². The first-order valence-corrected chi connectivity index (χ1v) is 9.12. The highest BCUT2D eigenvalue weighted by atomic mass is 32.2. The minimum absolute atomic E-state index is 0.0380. The lowest BCUT2D eigenvalue weighted by Gasteiger charge is -2.16. The molecule has 1 aliphatic heterocycles. The van der Waals surface area contributed by atoms with Crippen LogP contribution in [0.4, 0.5) is 0 Å². The number of hydrogen-bond acceptors (Lipinski definition) is 5. The largest absolute Gasteiger partial charge is 0.455 e. The van der Waals surface area contributed by atoms with Gasteiger partial charge in [-0.15, -0.1) is 0 Å². The Morgan fingerprint density at radius 1 is 1.43 bits per heavy atom. The Hall–Kier alpha value is -1.85. The van der Waals surface area contributed by atoms with Gasteiger partial charge in [0.2, 0.25) is 10.0 Å². The molecule has 1 aliphatic rings. The maximum atomic E-state index is 12.6.